The minimum Gasteiger partial charge on any atom is -0.392 e. The Bertz CT molecular complexity index is 270. The van der Waals surface area contributed by atoms with E-state index in [2.05, 4.69) is 0 Å². The van der Waals surface area contributed by atoms with Gasteiger partial charge in [0.2, 0.25) is 0 Å². The first-order valence-electron chi connectivity index (χ1n) is 3.92. The number of alkyl halides is 1. The smallest absolute Gasteiger partial charge is 0.0681 e. The fourth-order valence-corrected chi connectivity index (χ4v) is 0.890. The van der Waals surface area contributed by atoms with Gasteiger partial charge in [0, 0.05) is 5.88 Å². The van der Waals surface area contributed by atoms with Crippen molar-refractivity contribution in [3.63, 3.8) is 0 Å². The van der Waals surface area contributed by atoms with Gasteiger partial charge >= 0.3 is 0 Å². The highest BCUT2D eigenvalue weighted by atomic mass is 35.5. The van der Waals surface area contributed by atoms with Crippen LogP contribution in [0.3, 0.4) is 0 Å². The second-order valence-electron chi connectivity index (χ2n) is 1.95. The van der Waals surface area contributed by atoms with Gasteiger partial charge in [-0.05, 0) is 11.1 Å². The molecule has 54 valence electrons. The highest BCUT2D eigenvalue weighted by Gasteiger charge is 1.91. The monoisotopic (exact) mass is 158 g/mol. The molecule has 0 heterocycles. The molecule has 0 unspecified atom stereocenters. The minimum absolute atomic E-state index is 0.237. The van der Waals surface area contributed by atoms with Gasteiger partial charge in [-0.3, -0.25) is 0 Å². The Hall–Kier alpha value is -0.530. The first-order valence-corrected chi connectivity index (χ1v) is 3.45. The molecule has 0 aromatic heterocycles. The fraction of sp³-hybridized carbons (Fsp3) is 0.250. The molecule has 0 saturated heterocycles. The summed E-state index contributed by atoms with van der Waals surface area (Å²) in [5, 5.41) is 9.00. The number of benzene rings is 1. The highest BCUT2D eigenvalue weighted by Crippen LogP contribution is 2.06. The Morgan fingerprint density at radius 3 is 2.80 bits per heavy atom. The maximum Gasteiger partial charge on any atom is 0.0681 e. The third-order valence-corrected chi connectivity index (χ3v) is 1.52. The van der Waals surface area contributed by atoms with E-state index in [4.69, 9.17) is 19.4 Å². The third-order valence-electron chi connectivity index (χ3n) is 1.21. The molecule has 1 aromatic carbocycles. The van der Waals surface area contributed by atoms with E-state index in [9.17, 15) is 0 Å². The van der Waals surface area contributed by atoms with Crippen molar-refractivity contribution in [3.8, 4) is 0 Å². The number of hydrogen-bond donors (Lipinski definition) is 1. The van der Waals surface area contributed by atoms with Crippen molar-refractivity contribution in [2.75, 3.05) is 0 Å². The van der Waals surface area contributed by atoms with Crippen molar-refractivity contribution in [1.29, 1.82) is 0 Å². The lowest BCUT2D eigenvalue weighted by Crippen LogP contribution is -1.84. The zero-order valence-electron chi connectivity index (χ0n) is 7.34. The second kappa shape index (κ2) is 3.59. The summed E-state index contributed by atoms with van der Waals surface area (Å²) in [5.74, 6) is 0.323. The third kappa shape index (κ3) is 1.72. The van der Waals surface area contributed by atoms with Crippen LogP contribution >= 0.6 is 11.6 Å². The van der Waals surface area contributed by atoms with Crippen LogP contribution in [0.1, 0.15) is 13.9 Å². The molecule has 1 aromatic rings. The van der Waals surface area contributed by atoms with Crippen LogP contribution in [-0.4, -0.2) is 5.11 Å². The zero-order valence-corrected chi connectivity index (χ0v) is 6.10. The zero-order chi connectivity index (χ0) is 9.19. The van der Waals surface area contributed by atoms with E-state index in [0.717, 1.165) is 5.56 Å². The standard InChI is InChI=1S/C8H9ClO/c9-5-7-2-1-3-8(4-7)6-10/h1-4,10H,5-6H2/i6D2. The summed E-state index contributed by atoms with van der Waals surface area (Å²) in [7, 11) is 0. The molecule has 0 amide bonds. The predicted molar refractivity (Wildman–Crippen MR) is 41.9 cm³/mol. The van der Waals surface area contributed by atoms with Gasteiger partial charge in [-0.15, -0.1) is 11.6 Å². The molecule has 1 nitrogen and oxygen atoms in total. The van der Waals surface area contributed by atoms with E-state index in [1.807, 2.05) is 0 Å². The van der Waals surface area contributed by atoms with Gasteiger partial charge in [0.1, 0.15) is 0 Å². The van der Waals surface area contributed by atoms with Gasteiger partial charge in [-0.2, -0.15) is 0 Å². The van der Waals surface area contributed by atoms with Crippen molar-refractivity contribution in [2.24, 2.45) is 0 Å². The molecule has 2 heteroatoms. The number of aliphatic hydroxyl groups is 1. The quantitative estimate of drug-likeness (QED) is 0.652. The van der Waals surface area contributed by atoms with Crippen LogP contribution in [0, 0.1) is 0 Å². The lowest BCUT2D eigenvalue weighted by Gasteiger charge is -1.97. The maximum atomic E-state index is 9.00. The summed E-state index contributed by atoms with van der Waals surface area (Å²) >= 11 is 5.54. The summed E-state index contributed by atoms with van der Waals surface area (Å²) in [6.07, 6.45) is 0. The van der Waals surface area contributed by atoms with E-state index in [1.54, 1.807) is 18.2 Å². The summed E-state index contributed by atoms with van der Waals surface area (Å²) in [4.78, 5) is 0. The number of rotatable bonds is 2. The SMILES string of the molecule is [2H]C([2H])(O)c1cccc(CCl)c1. The van der Waals surface area contributed by atoms with Gasteiger partial charge in [0.15, 0.2) is 0 Å². The van der Waals surface area contributed by atoms with Gasteiger partial charge < -0.3 is 5.11 Å². The first kappa shape index (κ1) is 5.16. The van der Waals surface area contributed by atoms with Gasteiger partial charge in [-0.1, -0.05) is 24.3 Å². The summed E-state index contributed by atoms with van der Waals surface area (Å²) in [6, 6.07) is 6.52. The van der Waals surface area contributed by atoms with Gasteiger partial charge in [0.25, 0.3) is 0 Å². The Labute approximate surface area is 68.1 Å². The van der Waals surface area contributed by atoms with Crippen LogP contribution in [0.2, 0.25) is 0 Å². The van der Waals surface area contributed by atoms with Crippen molar-refractivity contribution in [2.45, 2.75) is 12.4 Å². The summed E-state index contributed by atoms with van der Waals surface area (Å²) in [5.41, 5.74) is 1.03. The van der Waals surface area contributed by atoms with Crippen LogP contribution in [0.25, 0.3) is 0 Å². The van der Waals surface area contributed by atoms with Gasteiger partial charge in [-0.25, -0.2) is 0 Å². The average molecular weight is 159 g/mol. The van der Waals surface area contributed by atoms with Crippen LogP contribution in [-0.2, 0) is 12.4 Å². The fourth-order valence-electron chi connectivity index (χ4n) is 0.724. The largest absolute Gasteiger partial charge is 0.392 e. The van der Waals surface area contributed by atoms with Crippen molar-refractivity contribution < 1.29 is 7.85 Å². The van der Waals surface area contributed by atoms with E-state index in [0.29, 0.717) is 5.88 Å². The average Bonchev–Trinajstić information content (AvgIpc) is 2.03. The van der Waals surface area contributed by atoms with E-state index in [1.165, 1.54) is 6.07 Å². The maximum absolute atomic E-state index is 9.00. The van der Waals surface area contributed by atoms with Crippen LogP contribution in [0.15, 0.2) is 24.3 Å². The Balaban J connectivity index is 3.02. The molecule has 1 N–H and O–H groups in total. The molecule has 0 aliphatic heterocycles. The van der Waals surface area contributed by atoms with E-state index < -0.39 is 6.56 Å². The molecule has 10 heavy (non-hydrogen) atoms. The Morgan fingerprint density at radius 1 is 1.50 bits per heavy atom. The van der Waals surface area contributed by atoms with Gasteiger partial charge in [0.05, 0.1) is 9.30 Å². The molecular weight excluding hydrogens is 148 g/mol. The molecule has 0 saturated carbocycles. The van der Waals surface area contributed by atoms with Crippen LogP contribution < -0.4 is 0 Å². The first-order chi connectivity index (χ1) is 5.54. The molecule has 0 atom stereocenters. The number of hydrogen-bond acceptors (Lipinski definition) is 1. The molecule has 0 aliphatic rings. The predicted octanol–water partition coefficient (Wildman–Crippen LogP) is 1.92. The number of halogens is 1. The molecule has 0 bridgehead atoms. The summed E-state index contributed by atoms with van der Waals surface area (Å²) < 4.78 is 14.0. The molecule has 0 fully saturated rings. The Kier molecular flexibility index (Phi) is 1.86. The second-order valence-corrected chi connectivity index (χ2v) is 2.21. The molecule has 1 rings (SSSR count). The summed E-state index contributed by atoms with van der Waals surface area (Å²) in [6.45, 7) is -2.28. The minimum atomic E-state index is -2.28. The van der Waals surface area contributed by atoms with Crippen molar-refractivity contribution in [1.82, 2.24) is 0 Å². The lowest BCUT2D eigenvalue weighted by molar-refractivity contribution is 0.282. The van der Waals surface area contributed by atoms with Crippen molar-refractivity contribution >= 4 is 11.6 Å². The molecule has 0 aliphatic carbocycles. The molecule has 0 spiro atoms. The lowest BCUT2D eigenvalue weighted by atomic mass is 10.1. The normalized spacial score (nSPS) is 14.2. The molecule has 0 radical (unpaired) electrons. The van der Waals surface area contributed by atoms with E-state index >= 15 is 0 Å². The van der Waals surface area contributed by atoms with Crippen LogP contribution in [0.4, 0.5) is 0 Å². The highest BCUT2D eigenvalue weighted by molar-refractivity contribution is 6.17. The van der Waals surface area contributed by atoms with Crippen LogP contribution in [0.5, 0.6) is 0 Å². The molecular formula is C8H9ClO. The Morgan fingerprint density at radius 2 is 2.20 bits per heavy atom. The topological polar surface area (TPSA) is 20.2 Å². The van der Waals surface area contributed by atoms with Crippen molar-refractivity contribution in [3.05, 3.63) is 35.4 Å². The van der Waals surface area contributed by atoms with E-state index in [-0.39, 0.29) is 5.56 Å².